The van der Waals surface area contributed by atoms with E-state index in [1.807, 2.05) is 60.6 Å². The van der Waals surface area contributed by atoms with Crippen LogP contribution >= 0.6 is 0 Å². The molecule has 1 aliphatic heterocycles. The van der Waals surface area contributed by atoms with E-state index in [4.69, 9.17) is 9.31 Å². The largest absolute Gasteiger partial charge is 0.495 e. The third-order valence-electron chi connectivity index (χ3n) is 3.95. The molecule has 1 fully saturated rings. The van der Waals surface area contributed by atoms with Gasteiger partial charge in [-0.2, -0.15) is 0 Å². The summed E-state index contributed by atoms with van der Waals surface area (Å²) < 4.78 is 12.0. The molecule has 0 N–H and O–H groups in total. The maximum absolute atomic E-state index is 10.9. The minimum Gasteiger partial charge on any atom is -0.399 e. The second-order valence-electron chi connectivity index (χ2n) is 5.82. The molecule has 0 radical (unpaired) electrons. The maximum atomic E-state index is 10.9. The molecule has 0 bridgehead atoms. The van der Waals surface area contributed by atoms with E-state index < -0.39 is 7.12 Å². The maximum Gasteiger partial charge on any atom is 0.495 e. The molecule has 2 rings (SSSR count). The Morgan fingerprint density at radius 2 is 1.55 bits per heavy atom. The van der Waals surface area contributed by atoms with Crippen LogP contribution in [0.1, 0.15) is 57.5 Å². The highest BCUT2D eigenvalue weighted by Crippen LogP contribution is 2.36. The lowest BCUT2D eigenvalue weighted by Gasteiger charge is -2.32. The molecule has 20 heavy (non-hydrogen) atoms. The van der Waals surface area contributed by atoms with Crippen molar-refractivity contribution in [2.45, 2.75) is 59.7 Å². The zero-order chi connectivity index (χ0) is 15.6. The van der Waals surface area contributed by atoms with E-state index in [1.165, 1.54) is 0 Å². The Hall–Kier alpha value is -1.13. The lowest BCUT2D eigenvalue weighted by molar-refractivity contribution is 0.00578. The van der Waals surface area contributed by atoms with E-state index in [-0.39, 0.29) is 11.2 Å². The van der Waals surface area contributed by atoms with E-state index in [0.29, 0.717) is 5.56 Å². The summed E-state index contributed by atoms with van der Waals surface area (Å²) in [6, 6.07) is 5.56. The molecule has 1 aliphatic rings. The molecule has 0 atom stereocenters. The molecule has 0 unspecified atom stereocenters. The van der Waals surface area contributed by atoms with Gasteiger partial charge in [0.15, 0.2) is 0 Å². The highest BCUT2D eigenvalue weighted by Gasteiger charge is 2.52. The summed E-state index contributed by atoms with van der Waals surface area (Å²) in [6.45, 7) is 14.1. The lowest BCUT2D eigenvalue weighted by Crippen LogP contribution is -2.41. The second kappa shape index (κ2) is 6.11. The summed E-state index contributed by atoms with van der Waals surface area (Å²) in [5.74, 6) is 0. The molecule has 1 aromatic rings. The van der Waals surface area contributed by atoms with Crippen LogP contribution in [0, 0.1) is 6.92 Å². The van der Waals surface area contributed by atoms with Gasteiger partial charge in [-0.25, -0.2) is 0 Å². The van der Waals surface area contributed by atoms with Gasteiger partial charge in [0.2, 0.25) is 0 Å². The Kier molecular flexibility index (Phi) is 5.17. The number of rotatable bonds is 2. The number of carbonyl (C=O) groups is 1. The minimum absolute atomic E-state index is 0.360. The zero-order valence-corrected chi connectivity index (χ0v) is 13.6. The van der Waals surface area contributed by atoms with Crippen molar-refractivity contribution >= 4 is 18.9 Å². The molecule has 4 heteroatoms. The summed E-state index contributed by atoms with van der Waals surface area (Å²) in [7, 11) is -0.408. The third-order valence-corrected chi connectivity index (χ3v) is 3.95. The van der Waals surface area contributed by atoms with Crippen molar-refractivity contribution in [3.8, 4) is 0 Å². The predicted molar refractivity (Wildman–Crippen MR) is 83.6 cm³/mol. The van der Waals surface area contributed by atoms with Crippen LogP contribution in [-0.4, -0.2) is 24.6 Å². The van der Waals surface area contributed by atoms with Gasteiger partial charge in [-0.05, 0) is 40.1 Å². The smallest absolute Gasteiger partial charge is 0.399 e. The summed E-state index contributed by atoms with van der Waals surface area (Å²) in [5.41, 5.74) is 1.92. The summed E-state index contributed by atoms with van der Waals surface area (Å²) in [4.78, 5) is 10.9. The molecule has 110 valence electrons. The molecule has 0 amide bonds. The fourth-order valence-electron chi connectivity index (χ4n) is 1.96. The first kappa shape index (κ1) is 16.9. The molecule has 1 aromatic carbocycles. The predicted octanol–water partition coefficient (Wildman–Crippen LogP) is 3.13. The molecule has 0 aliphatic carbocycles. The lowest BCUT2D eigenvalue weighted by atomic mass is 9.75. The molecule has 1 saturated heterocycles. The van der Waals surface area contributed by atoms with Crippen LogP contribution in [0.3, 0.4) is 0 Å². The molecular weight excluding hydrogens is 251 g/mol. The average molecular weight is 276 g/mol. The molecule has 3 nitrogen and oxygen atoms in total. The van der Waals surface area contributed by atoms with Crippen molar-refractivity contribution in [3.05, 3.63) is 29.3 Å². The van der Waals surface area contributed by atoms with Crippen LogP contribution < -0.4 is 5.46 Å². The fourth-order valence-corrected chi connectivity index (χ4v) is 1.96. The highest BCUT2D eigenvalue weighted by molar-refractivity contribution is 6.62. The van der Waals surface area contributed by atoms with Crippen LogP contribution in [0.15, 0.2) is 18.2 Å². The Morgan fingerprint density at radius 1 is 1.05 bits per heavy atom. The second-order valence-corrected chi connectivity index (χ2v) is 5.82. The first-order valence-corrected chi connectivity index (χ1v) is 7.18. The van der Waals surface area contributed by atoms with Crippen molar-refractivity contribution in [3.63, 3.8) is 0 Å². The first-order chi connectivity index (χ1) is 9.27. The van der Waals surface area contributed by atoms with Crippen LogP contribution in [0.5, 0.6) is 0 Å². The van der Waals surface area contributed by atoms with Gasteiger partial charge in [0.1, 0.15) is 6.29 Å². The highest BCUT2D eigenvalue weighted by atomic mass is 16.7. The van der Waals surface area contributed by atoms with Crippen molar-refractivity contribution in [1.29, 1.82) is 0 Å². The summed E-state index contributed by atoms with van der Waals surface area (Å²) in [5, 5.41) is 0. The SMILES string of the molecule is CC.Cc1ccc(C=O)cc1B1OC(C)(C)C(C)(C)O1. The Morgan fingerprint density at radius 3 is 2.00 bits per heavy atom. The average Bonchev–Trinajstić information content (AvgIpc) is 2.61. The number of aldehydes is 1. The Bertz CT molecular complexity index is 465. The Labute approximate surface area is 122 Å². The minimum atomic E-state index is -0.408. The van der Waals surface area contributed by atoms with Crippen molar-refractivity contribution in [2.75, 3.05) is 0 Å². The standard InChI is InChI=1S/C14H19BO3.C2H6/c1-10-6-7-11(9-16)8-12(10)15-17-13(2,3)14(4,5)18-15;1-2/h6-9H,1-5H3;1-2H3. The molecule has 0 spiro atoms. The molecule has 1 heterocycles. The fraction of sp³-hybridized carbons (Fsp3) is 0.562. The van der Waals surface area contributed by atoms with Crippen LogP contribution in [0.4, 0.5) is 0 Å². The normalized spacial score (nSPS) is 19.2. The first-order valence-electron chi connectivity index (χ1n) is 7.18. The summed E-state index contributed by atoms with van der Waals surface area (Å²) in [6.07, 6.45) is 0.841. The molecule has 0 aromatic heterocycles. The zero-order valence-electron chi connectivity index (χ0n) is 13.6. The van der Waals surface area contributed by atoms with Crippen LogP contribution in [0.2, 0.25) is 0 Å². The van der Waals surface area contributed by atoms with E-state index >= 15 is 0 Å². The molecular formula is C16H25BO3. The number of hydrogen-bond acceptors (Lipinski definition) is 3. The van der Waals surface area contributed by atoms with E-state index in [2.05, 4.69) is 0 Å². The molecule has 0 saturated carbocycles. The van der Waals surface area contributed by atoms with Crippen LogP contribution in [0.25, 0.3) is 0 Å². The van der Waals surface area contributed by atoms with Gasteiger partial charge in [-0.1, -0.05) is 37.6 Å². The van der Waals surface area contributed by atoms with Gasteiger partial charge in [-0.3, -0.25) is 4.79 Å². The third kappa shape index (κ3) is 3.13. The van der Waals surface area contributed by atoms with Gasteiger partial charge >= 0.3 is 7.12 Å². The van der Waals surface area contributed by atoms with Crippen molar-refractivity contribution < 1.29 is 14.1 Å². The van der Waals surface area contributed by atoms with Crippen LogP contribution in [-0.2, 0) is 9.31 Å². The summed E-state index contributed by atoms with van der Waals surface area (Å²) >= 11 is 0. The number of carbonyl (C=O) groups excluding carboxylic acids is 1. The Balaban J connectivity index is 0.000000956. The van der Waals surface area contributed by atoms with Gasteiger partial charge in [-0.15, -0.1) is 0 Å². The number of benzene rings is 1. The van der Waals surface area contributed by atoms with Gasteiger partial charge < -0.3 is 9.31 Å². The van der Waals surface area contributed by atoms with Crippen molar-refractivity contribution in [1.82, 2.24) is 0 Å². The topological polar surface area (TPSA) is 35.5 Å². The van der Waals surface area contributed by atoms with Crippen molar-refractivity contribution in [2.24, 2.45) is 0 Å². The van der Waals surface area contributed by atoms with Gasteiger partial charge in [0.25, 0.3) is 0 Å². The van der Waals surface area contributed by atoms with E-state index in [9.17, 15) is 4.79 Å². The number of aryl methyl sites for hydroxylation is 1. The number of hydrogen-bond donors (Lipinski definition) is 0. The van der Waals surface area contributed by atoms with E-state index in [0.717, 1.165) is 17.3 Å². The quantitative estimate of drug-likeness (QED) is 0.615. The van der Waals surface area contributed by atoms with Gasteiger partial charge in [0.05, 0.1) is 11.2 Å². The van der Waals surface area contributed by atoms with Gasteiger partial charge in [0, 0.05) is 5.56 Å². The monoisotopic (exact) mass is 276 g/mol. The van der Waals surface area contributed by atoms with E-state index in [1.54, 1.807) is 6.07 Å².